The molecule has 0 aliphatic heterocycles. The lowest BCUT2D eigenvalue weighted by Crippen LogP contribution is -2.02. The number of nitrogens with zero attached hydrogens (tertiary/aromatic N) is 4. The molecule has 11 heteroatoms. The van der Waals surface area contributed by atoms with E-state index >= 15 is 0 Å². The van der Waals surface area contributed by atoms with Gasteiger partial charge in [-0.1, -0.05) is 12.1 Å². The van der Waals surface area contributed by atoms with Gasteiger partial charge in [0.25, 0.3) is 5.69 Å². The molecule has 0 saturated heterocycles. The molecule has 1 heterocycles. The highest BCUT2D eigenvalue weighted by molar-refractivity contribution is 14.2. The fraction of sp³-hybridized carbons (Fsp3) is 0.105. The van der Waals surface area contributed by atoms with E-state index in [1.807, 2.05) is 22.8 Å². The first-order chi connectivity index (χ1) is 14.3. The second kappa shape index (κ2) is 9.84. The van der Waals surface area contributed by atoms with Crippen LogP contribution in [0.15, 0.2) is 53.3 Å². The quantitative estimate of drug-likeness (QED) is 0.134. The van der Waals surface area contributed by atoms with Crippen molar-refractivity contribution in [2.75, 3.05) is 14.1 Å². The van der Waals surface area contributed by atoms with Gasteiger partial charge in [0.2, 0.25) is 0 Å². The first-order valence-corrected chi connectivity index (χ1v) is 13.4. The Morgan fingerprint density at radius 3 is 2.77 bits per heavy atom. The molecule has 1 atom stereocenters. The van der Waals surface area contributed by atoms with Crippen LogP contribution in [-0.2, 0) is 0 Å². The van der Waals surface area contributed by atoms with Crippen LogP contribution in [0.1, 0.15) is 5.56 Å². The van der Waals surface area contributed by atoms with E-state index in [2.05, 4.69) is 43.1 Å². The third-order valence-electron chi connectivity index (χ3n) is 3.95. The van der Waals surface area contributed by atoms with Crippen LogP contribution < -0.4 is 4.74 Å². The molecule has 1 unspecified atom stereocenters. The number of aromatic nitrogens is 2. The standard InChI is InChI=1S/C19H16BrFIN4O3P/c1-24(2)8-6-14-17(26(27)28)11-15(21)19(18(14)20)29-13-5-3-4-12(10-13)16-7-9-25(23-16)30-22/h3-11,30H,1-2H3/b8-6+. The second-order valence-electron chi connectivity index (χ2n) is 6.33. The van der Waals surface area contributed by atoms with Gasteiger partial charge in [0, 0.05) is 25.9 Å². The molecule has 0 bridgehead atoms. The summed E-state index contributed by atoms with van der Waals surface area (Å²) in [5.41, 5.74) is 1.43. The maximum atomic E-state index is 14.7. The summed E-state index contributed by atoms with van der Waals surface area (Å²) in [5.74, 6) is -0.582. The van der Waals surface area contributed by atoms with Gasteiger partial charge < -0.3 is 9.64 Å². The predicted octanol–water partition coefficient (Wildman–Crippen LogP) is 6.48. The molecule has 0 aliphatic rings. The van der Waals surface area contributed by atoms with Crippen LogP contribution in [-0.4, -0.2) is 33.5 Å². The van der Waals surface area contributed by atoms with Crippen LogP contribution in [0.5, 0.6) is 11.5 Å². The molecular weight excluding hydrogens is 589 g/mol. The van der Waals surface area contributed by atoms with Gasteiger partial charge >= 0.3 is 0 Å². The normalized spacial score (nSPS) is 11.5. The molecule has 3 aromatic rings. The van der Waals surface area contributed by atoms with E-state index in [4.69, 9.17) is 4.74 Å². The fourth-order valence-corrected chi connectivity index (χ4v) is 4.28. The van der Waals surface area contributed by atoms with Gasteiger partial charge in [0.15, 0.2) is 11.6 Å². The minimum Gasteiger partial charge on any atom is -0.453 e. The molecule has 1 aromatic heterocycles. The maximum Gasteiger partial charge on any atom is 0.280 e. The van der Waals surface area contributed by atoms with Crippen LogP contribution in [0.3, 0.4) is 0 Å². The molecule has 30 heavy (non-hydrogen) atoms. The number of benzene rings is 2. The Hall–Kier alpha value is -2.04. The highest BCUT2D eigenvalue weighted by Crippen LogP contribution is 2.41. The first kappa shape index (κ1) is 22.6. The third-order valence-corrected chi connectivity index (χ3v) is 6.65. The zero-order chi connectivity index (χ0) is 21.8. The summed E-state index contributed by atoms with van der Waals surface area (Å²) in [6.07, 6.45) is 5.53. The van der Waals surface area contributed by atoms with Crippen molar-refractivity contribution in [1.29, 1.82) is 0 Å². The Morgan fingerprint density at radius 2 is 2.13 bits per heavy atom. The lowest BCUT2D eigenvalue weighted by atomic mass is 10.1. The summed E-state index contributed by atoms with van der Waals surface area (Å²) in [6.45, 7) is 0. The van der Waals surface area contributed by atoms with Crippen molar-refractivity contribution in [1.82, 2.24) is 14.5 Å². The van der Waals surface area contributed by atoms with Gasteiger partial charge in [0.1, 0.15) is 5.75 Å². The summed E-state index contributed by atoms with van der Waals surface area (Å²) in [4.78, 5) is 12.5. The number of hydrogen-bond acceptors (Lipinski definition) is 5. The minimum atomic E-state index is -0.837. The molecule has 0 aliphatic carbocycles. The summed E-state index contributed by atoms with van der Waals surface area (Å²) in [5, 5.41) is 15.9. The molecule has 3 rings (SSSR count). The average Bonchev–Trinajstić information content (AvgIpc) is 3.19. The number of nitro benzene ring substituents is 1. The molecule has 0 spiro atoms. The molecule has 0 saturated carbocycles. The van der Waals surface area contributed by atoms with Crippen LogP contribution in [0.2, 0.25) is 0 Å². The van der Waals surface area contributed by atoms with Crippen LogP contribution in [0.25, 0.3) is 17.3 Å². The fourth-order valence-electron chi connectivity index (χ4n) is 2.59. The molecule has 0 amide bonds. The second-order valence-corrected chi connectivity index (χ2v) is 9.20. The number of hydrogen-bond donors (Lipinski definition) is 0. The monoisotopic (exact) mass is 604 g/mol. The van der Waals surface area contributed by atoms with E-state index < -0.39 is 10.7 Å². The van der Waals surface area contributed by atoms with Gasteiger partial charge in [0.05, 0.1) is 33.1 Å². The van der Waals surface area contributed by atoms with Crippen molar-refractivity contribution in [2.45, 2.75) is 0 Å². The van der Waals surface area contributed by atoms with Crippen LogP contribution >= 0.6 is 44.3 Å². The maximum absolute atomic E-state index is 14.7. The van der Waals surface area contributed by atoms with Gasteiger partial charge in [-0.15, -0.1) is 0 Å². The molecule has 0 radical (unpaired) electrons. The Balaban J connectivity index is 2.01. The van der Waals surface area contributed by atoms with Crippen molar-refractivity contribution >= 4 is 56.1 Å². The molecule has 0 fully saturated rings. The zero-order valence-corrected chi connectivity index (χ0v) is 20.6. The largest absolute Gasteiger partial charge is 0.453 e. The summed E-state index contributed by atoms with van der Waals surface area (Å²) in [6, 6.07) is 9.83. The Labute approximate surface area is 195 Å². The van der Waals surface area contributed by atoms with E-state index in [1.54, 1.807) is 43.4 Å². The van der Waals surface area contributed by atoms with Crippen LogP contribution in [0, 0.1) is 15.9 Å². The van der Waals surface area contributed by atoms with E-state index in [0.717, 1.165) is 17.3 Å². The topological polar surface area (TPSA) is 73.4 Å². The number of halogens is 3. The third kappa shape index (κ3) is 5.16. The SMILES string of the molecule is CN(C)/C=C/c1c([N+](=O)[O-])cc(F)c(Oc2cccc(-c3ccn(PI)n3)c2)c1Br. The molecule has 7 nitrogen and oxygen atoms in total. The van der Waals surface area contributed by atoms with Gasteiger partial charge in [-0.05, 0) is 68.4 Å². The minimum absolute atomic E-state index is 0.129. The average molecular weight is 605 g/mol. The van der Waals surface area contributed by atoms with Crippen molar-refractivity contribution in [3.8, 4) is 22.8 Å². The van der Waals surface area contributed by atoms with Crippen molar-refractivity contribution in [2.24, 2.45) is 0 Å². The number of nitro groups is 1. The van der Waals surface area contributed by atoms with Gasteiger partial charge in [-0.2, -0.15) is 5.10 Å². The van der Waals surface area contributed by atoms with E-state index in [1.165, 1.54) is 6.08 Å². The molecule has 0 N–H and O–H groups in total. The molecule has 2 aromatic carbocycles. The summed E-state index contributed by atoms with van der Waals surface area (Å²) >= 11 is 5.52. The summed E-state index contributed by atoms with van der Waals surface area (Å²) < 4.78 is 22.5. The Bertz CT molecular complexity index is 1120. The molecule has 156 valence electrons. The van der Waals surface area contributed by atoms with Crippen molar-refractivity contribution < 1.29 is 14.1 Å². The van der Waals surface area contributed by atoms with E-state index in [9.17, 15) is 14.5 Å². The first-order valence-electron chi connectivity index (χ1n) is 8.51. The Morgan fingerprint density at radius 1 is 1.37 bits per heavy atom. The van der Waals surface area contributed by atoms with Crippen molar-refractivity contribution in [3.63, 3.8) is 0 Å². The van der Waals surface area contributed by atoms with Gasteiger partial charge in [-0.25, -0.2) is 8.84 Å². The Kier molecular flexibility index (Phi) is 7.43. The highest BCUT2D eigenvalue weighted by atomic mass is 127. The van der Waals surface area contributed by atoms with E-state index in [0.29, 0.717) is 12.1 Å². The number of ether oxygens (including phenoxy) is 1. The molecular formula is C19H16BrFIN4O3P. The number of rotatable bonds is 7. The lowest BCUT2D eigenvalue weighted by molar-refractivity contribution is -0.385. The lowest BCUT2D eigenvalue weighted by Gasteiger charge is -2.13. The van der Waals surface area contributed by atoms with Gasteiger partial charge in [-0.3, -0.25) is 10.1 Å². The highest BCUT2D eigenvalue weighted by Gasteiger charge is 2.24. The predicted molar refractivity (Wildman–Crippen MR) is 129 cm³/mol. The van der Waals surface area contributed by atoms with E-state index in [-0.39, 0.29) is 21.5 Å². The smallest absolute Gasteiger partial charge is 0.280 e. The zero-order valence-electron chi connectivity index (χ0n) is 15.8. The van der Waals surface area contributed by atoms with Crippen LogP contribution in [0.4, 0.5) is 10.1 Å². The van der Waals surface area contributed by atoms with Crippen molar-refractivity contribution in [3.05, 3.63) is 74.8 Å². The summed E-state index contributed by atoms with van der Waals surface area (Å²) in [7, 11) is 3.56.